The van der Waals surface area contributed by atoms with Crippen molar-refractivity contribution < 1.29 is 27.9 Å². The number of benzene rings is 2. The Morgan fingerprint density at radius 3 is 2.35 bits per heavy atom. The molecule has 1 aliphatic heterocycles. The number of rotatable bonds is 11. The zero-order valence-corrected chi connectivity index (χ0v) is 20.9. The standard InChI is InChI=1S/C25H29N5O6S/c31-22(29-25-26-14-4-15-27-25)12-9-19-7-10-20(11-8-19)23(32)28-17-21(24(33)34)30-37(35,36)16-13-18-5-2-1-3-6-18/h1-3,5-8,10-11,17,30H,4,9,12-16H2,(H,28,32)(H,33,34)(H2,26,27,29,31). The molecule has 0 bridgehead atoms. The first-order valence-corrected chi connectivity index (χ1v) is 13.3. The molecule has 0 unspecified atom stereocenters. The highest BCUT2D eigenvalue weighted by Crippen LogP contribution is 2.08. The highest BCUT2D eigenvalue weighted by atomic mass is 32.2. The normalized spacial score (nSPS) is 13.6. The number of nitrogens with zero attached hydrogens (tertiary/aromatic N) is 1. The molecule has 0 atom stereocenters. The molecule has 2 aromatic carbocycles. The Labute approximate surface area is 215 Å². The highest BCUT2D eigenvalue weighted by Gasteiger charge is 2.18. The number of aliphatic carboxylic acids is 1. The fourth-order valence-corrected chi connectivity index (χ4v) is 4.45. The first kappa shape index (κ1) is 27.4. The van der Waals surface area contributed by atoms with Crippen LogP contribution in [0.15, 0.2) is 71.5 Å². The van der Waals surface area contributed by atoms with Crippen molar-refractivity contribution >= 4 is 33.8 Å². The van der Waals surface area contributed by atoms with Crippen LogP contribution in [0, 0.1) is 0 Å². The van der Waals surface area contributed by atoms with E-state index < -0.39 is 27.6 Å². The SMILES string of the molecule is O=C(CCc1ccc(C(=O)NC=C(NS(=O)(=O)CCc2ccccc2)C(=O)O)cc1)NC1=NCCCN1. The van der Waals surface area contributed by atoms with Gasteiger partial charge in [-0.2, -0.15) is 0 Å². The predicted molar refractivity (Wildman–Crippen MR) is 138 cm³/mol. The van der Waals surface area contributed by atoms with Gasteiger partial charge in [-0.1, -0.05) is 42.5 Å². The van der Waals surface area contributed by atoms with Crippen LogP contribution in [-0.2, 0) is 32.5 Å². The second kappa shape index (κ2) is 13.2. The molecule has 37 heavy (non-hydrogen) atoms. The Balaban J connectivity index is 1.51. The fourth-order valence-electron chi connectivity index (χ4n) is 3.36. The van der Waals surface area contributed by atoms with Gasteiger partial charge in [0.1, 0.15) is 0 Å². The van der Waals surface area contributed by atoms with Crippen molar-refractivity contribution in [2.75, 3.05) is 18.8 Å². The van der Waals surface area contributed by atoms with Gasteiger partial charge in [-0.3, -0.25) is 24.6 Å². The fraction of sp³-hybridized carbons (Fsp3) is 0.280. The Bertz CT molecular complexity index is 1270. The van der Waals surface area contributed by atoms with Gasteiger partial charge in [-0.15, -0.1) is 0 Å². The van der Waals surface area contributed by atoms with Crippen molar-refractivity contribution in [3.05, 3.63) is 83.2 Å². The maximum absolute atomic E-state index is 12.4. The molecule has 0 radical (unpaired) electrons. The van der Waals surface area contributed by atoms with Gasteiger partial charge >= 0.3 is 5.97 Å². The third-order valence-electron chi connectivity index (χ3n) is 5.36. The lowest BCUT2D eigenvalue weighted by atomic mass is 10.1. The first-order chi connectivity index (χ1) is 17.7. The molecule has 11 nitrogen and oxygen atoms in total. The van der Waals surface area contributed by atoms with Crippen LogP contribution in [0.4, 0.5) is 0 Å². The number of amides is 2. The number of carboxylic acid groups (broad SMARTS) is 1. The van der Waals surface area contributed by atoms with E-state index in [2.05, 4.69) is 20.9 Å². The van der Waals surface area contributed by atoms with Crippen LogP contribution in [0.2, 0.25) is 0 Å². The van der Waals surface area contributed by atoms with Crippen LogP contribution in [0.5, 0.6) is 0 Å². The van der Waals surface area contributed by atoms with Crippen molar-refractivity contribution in [1.82, 2.24) is 20.7 Å². The van der Waals surface area contributed by atoms with Crippen LogP contribution in [0.3, 0.4) is 0 Å². The minimum Gasteiger partial charge on any atom is -0.477 e. The molecule has 196 valence electrons. The summed E-state index contributed by atoms with van der Waals surface area (Å²) in [7, 11) is -3.96. The average Bonchev–Trinajstić information content (AvgIpc) is 2.90. The van der Waals surface area contributed by atoms with E-state index in [4.69, 9.17) is 0 Å². The highest BCUT2D eigenvalue weighted by molar-refractivity contribution is 7.89. The maximum atomic E-state index is 12.4. The molecule has 0 saturated carbocycles. The smallest absolute Gasteiger partial charge is 0.354 e. The van der Waals surface area contributed by atoms with Gasteiger partial charge in [0.2, 0.25) is 15.9 Å². The van der Waals surface area contributed by atoms with Gasteiger partial charge < -0.3 is 15.7 Å². The van der Waals surface area contributed by atoms with Gasteiger partial charge in [-0.05, 0) is 42.5 Å². The average molecular weight is 528 g/mol. The van der Waals surface area contributed by atoms with Crippen LogP contribution < -0.4 is 20.7 Å². The van der Waals surface area contributed by atoms with Gasteiger partial charge in [0.25, 0.3) is 5.91 Å². The number of hydrogen-bond acceptors (Lipinski definition) is 7. The second-order valence-electron chi connectivity index (χ2n) is 8.25. The lowest BCUT2D eigenvalue weighted by Gasteiger charge is -2.15. The molecule has 0 aliphatic carbocycles. The summed E-state index contributed by atoms with van der Waals surface area (Å²) in [5.74, 6) is -2.16. The minimum atomic E-state index is -3.96. The molecule has 0 spiro atoms. The summed E-state index contributed by atoms with van der Waals surface area (Å²) >= 11 is 0. The van der Waals surface area contributed by atoms with Gasteiger partial charge in [0.15, 0.2) is 11.7 Å². The van der Waals surface area contributed by atoms with E-state index in [1.165, 1.54) is 12.1 Å². The first-order valence-electron chi connectivity index (χ1n) is 11.7. The molecule has 0 fully saturated rings. The van der Waals surface area contributed by atoms with E-state index in [9.17, 15) is 27.9 Å². The number of aliphatic imine (C=N–C) groups is 1. The summed E-state index contributed by atoms with van der Waals surface area (Å²) in [5, 5.41) is 17.4. The van der Waals surface area contributed by atoms with Gasteiger partial charge in [-0.25, -0.2) is 13.2 Å². The van der Waals surface area contributed by atoms with Crippen molar-refractivity contribution in [2.24, 2.45) is 4.99 Å². The zero-order chi connectivity index (χ0) is 26.7. The number of sulfonamides is 1. The number of carbonyl (C=O) groups is 3. The molecular formula is C25H29N5O6S. The summed E-state index contributed by atoms with van der Waals surface area (Å²) in [4.78, 5) is 40.2. The second-order valence-corrected chi connectivity index (χ2v) is 10.1. The molecule has 3 rings (SSSR count). The van der Waals surface area contributed by atoms with Gasteiger partial charge in [0, 0.05) is 31.3 Å². The van der Waals surface area contributed by atoms with Crippen LogP contribution >= 0.6 is 0 Å². The van der Waals surface area contributed by atoms with Crippen LogP contribution in [0.25, 0.3) is 0 Å². The molecule has 2 amide bonds. The van der Waals surface area contributed by atoms with E-state index in [1.54, 1.807) is 36.4 Å². The third-order valence-corrected chi connectivity index (χ3v) is 6.63. The molecule has 12 heteroatoms. The minimum absolute atomic E-state index is 0.174. The molecular weight excluding hydrogens is 498 g/mol. The lowest BCUT2D eigenvalue weighted by Crippen LogP contribution is -2.43. The van der Waals surface area contributed by atoms with Crippen LogP contribution in [0.1, 0.15) is 34.3 Å². The molecule has 5 N–H and O–H groups in total. The largest absolute Gasteiger partial charge is 0.477 e. The Morgan fingerprint density at radius 1 is 1.00 bits per heavy atom. The Kier molecular flexibility index (Phi) is 9.78. The molecule has 2 aromatic rings. The number of nitrogens with one attached hydrogen (secondary N) is 4. The van der Waals surface area contributed by atoms with E-state index in [0.29, 0.717) is 18.9 Å². The summed E-state index contributed by atoms with van der Waals surface area (Å²) in [6, 6.07) is 15.4. The third kappa shape index (κ3) is 9.41. The summed E-state index contributed by atoms with van der Waals surface area (Å²) in [6.45, 7) is 1.45. The quantitative estimate of drug-likeness (QED) is 0.271. The molecule has 1 aliphatic rings. The summed E-state index contributed by atoms with van der Waals surface area (Å²) in [6.07, 6.45) is 2.63. The van der Waals surface area contributed by atoms with Crippen molar-refractivity contribution in [3.63, 3.8) is 0 Å². The lowest BCUT2D eigenvalue weighted by molar-refractivity contribution is -0.133. The Hall–Kier alpha value is -4.19. The van der Waals surface area contributed by atoms with Crippen molar-refractivity contribution in [2.45, 2.75) is 25.7 Å². The predicted octanol–water partition coefficient (Wildman–Crippen LogP) is 0.903. The molecule has 0 saturated heterocycles. The maximum Gasteiger partial charge on any atom is 0.354 e. The zero-order valence-electron chi connectivity index (χ0n) is 20.1. The summed E-state index contributed by atoms with van der Waals surface area (Å²) in [5.41, 5.74) is 1.18. The molecule has 1 heterocycles. The van der Waals surface area contributed by atoms with E-state index in [1.807, 2.05) is 10.8 Å². The topological polar surface area (TPSA) is 166 Å². The monoisotopic (exact) mass is 527 g/mol. The van der Waals surface area contributed by atoms with E-state index in [-0.39, 0.29) is 30.1 Å². The molecule has 0 aromatic heterocycles. The number of carbonyl (C=O) groups excluding carboxylic acids is 2. The van der Waals surface area contributed by atoms with E-state index >= 15 is 0 Å². The van der Waals surface area contributed by atoms with Gasteiger partial charge in [0.05, 0.1) is 5.75 Å². The van der Waals surface area contributed by atoms with E-state index in [0.717, 1.165) is 30.3 Å². The number of hydrogen-bond donors (Lipinski definition) is 5. The Morgan fingerprint density at radius 2 is 1.70 bits per heavy atom. The number of carboxylic acids is 1. The van der Waals surface area contributed by atoms with Crippen LogP contribution in [-0.4, -0.2) is 56.1 Å². The van der Waals surface area contributed by atoms with Crippen molar-refractivity contribution in [3.8, 4) is 0 Å². The number of guanidine groups is 1. The summed E-state index contributed by atoms with van der Waals surface area (Å²) < 4.78 is 26.7. The number of aryl methyl sites for hydroxylation is 2. The van der Waals surface area contributed by atoms with Crippen molar-refractivity contribution in [1.29, 1.82) is 0 Å².